The number of aliphatic hydroxyl groups is 2. The Morgan fingerprint density at radius 3 is 2.30 bits per heavy atom. The molecule has 0 saturated carbocycles. The maximum absolute atomic E-state index is 12.1. The van der Waals surface area contributed by atoms with Gasteiger partial charge in [0.1, 0.15) is 11.3 Å². The van der Waals surface area contributed by atoms with Crippen molar-refractivity contribution < 1.29 is 29.3 Å². The summed E-state index contributed by atoms with van der Waals surface area (Å²) < 4.78 is 12.0. The normalized spacial score (nSPS) is 12.4. The lowest BCUT2D eigenvalue weighted by molar-refractivity contribution is -0.163. The quantitative estimate of drug-likeness (QED) is 0.189. The summed E-state index contributed by atoms with van der Waals surface area (Å²) >= 11 is 0. The van der Waals surface area contributed by atoms with Crippen molar-refractivity contribution in [1.29, 1.82) is 0 Å². The average molecular weight is 636 g/mol. The number of carbonyl (C=O) groups is 2. The Balaban J connectivity index is 0.000000449. The monoisotopic (exact) mass is 635 g/mol. The van der Waals surface area contributed by atoms with Crippen LogP contribution in [-0.4, -0.2) is 75.8 Å². The predicted molar refractivity (Wildman–Crippen MR) is 179 cm³/mol. The summed E-state index contributed by atoms with van der Waals surface area (Å²) in [6.45, 7) is 18.3. The first-order valence-electron chi connectivity index (χ1n) is 15.6. The van der Waals surface area contributed by atoms with E-state index in [0.717, 1.165) is 39.3 Å². The van der Waals surface area contributed by atoms with Crippen LogP contribution in [0.4, 0.5) is 10.5 Å². The summed E-state index contributed by atoms with van der Waals surface area (Å²) in [5.41, 5.74) is 5.39. The molecular formula is C35H49N5O6. The summed E-state index contributed by atoms with van der Waals surface area (Å²) in [6.07, 6.45) is 0.225. The van der Waals surface area contributed by atoms with Crippen LogP contribution in [-0.2, 0) is 26.4 Å². The number of aromatic nitrogens is 3. The number of anilines is 1. The molecule has 11 nitrogen and oxygen atoms in total. The Morgan fingerprint density at radius 2 is 1.67 bits per heavy atom. The zero-order chi connectivity index (χ0) is 34.1. The van der Waals surface area contributed by atoms with E-state index in [9.17, 15) is 14.7 Å². The van der Waals surface area contributed by atoms with E-state index in [1.165, 1.54) is 0 Å². The van der Waals surface area contributed by atoms with Crippen molar-refractivity contribution in [1.82, 2.24) is 20.3 Å². The molecule has 4 rings (SSSR count). The number of hydrogen-bond acceptors (Lipinski definition) is 9. The molecule has 1 aromatic heterocycles. The second-order valence-corrected chi connectivity index (χ2v) is 13.0. The van der Waals surface area contributed by atoms with Gasteiger partial charge in [-0.25, -0.2) is 9.48 Å². The van der Waals surface area contributed by atoms with Gasteiger partial charge in [0.15, 0.2) is 0 Å². The lowest BCUT2D eigenvalue weighted by Gasteiger charge is -2.31. The van der Waals surface area contributed by atoms with Crippen LogP contribution >= 0.6 is 0 Å². The van der Waals surface area contributed by atoms with Gasteiger partial charge >= 0.3 is 12.1 Å². The first kappa shape index (κ1) is 36.3. The highest BCUT2D eigenvalue weighted by Crippen LogP contribution is 2.42. The molecule has 0 aliphatic carbocycles. The van der Waals surface area contributed by atoms with E-state index in [2.05, 4.69) is 45.3 Å². The number of rotatable bonds is 11. The molecule has 0 saturated heterocycles. The Morgan fingerprint density at radius 1 is 1.02 bits per heavy atom. The van der Waals surface area contributed by atoms with E-state index in [1.54, 1.807) is 27.7 Å². The third kappa shape index (κ3) is 9.40. The van der Waals surface area contributed by atoms with Crippen LogP contribution in [0.2, 0.25) is 0 Å². The van der Waals surface area contributed by atoms with Gasteiger partial charge in [0, 0.05) is 42.9 Å². The Bertz CT molecular complexity index is 1500. The van der Waals surface area contributed by atoms with E-state index in [4.69, 9.17) is 14.6 Å². The van der Waals surface area contributed by atoms with Crippen LogP contribution in [0, 0.1) is 5.92 Å². The van der Waals surface area contributed by atoms with E-state index >= 15 is 0 Å². The standard InChI is InChI=1S/C27H33N5O3.C8H16O3/c1-19(2)13-16-35-26(34)28-14-15-31-17-20-9-5-6-10-21(20)25-24(22-11-7-8-12-23(22)31)29-30-32(25)27(3,4)18-33;1-6(2)7(10)11-8(3,4)5-9/h5-12,33H,1,13-18H2,2-4H3,(H,28,34);6,9H,5H2,1-4H3. The molecule has 3 aromatic rings. The number of nitrogens with zero attached hydrogens (tertiary/aromatic N) is 4. The number of aliphatic hydroxyl groups excluding tert-OH is 2. The molecule has 2 heterocycles. The second kappa shape index (κ2) is 15.9. The number of amides is 1. The molecule has 1 aliphatic rings. The van der Waals surface area contributed by atoms with Crippen molar-refractivity contribution in [2.45, 2.75) is 72.6 Å². The number of benzene rings is 2. The molecule has 1 aliphatic heterocycles. The number of fused-ring (bicyclic) bond motifs is 5. The van der Waals surface area contributed by atoms with Crippen LogP contribution in [0.15, 0.2) is 60.7 Å². The molecule has 0 atom stereocenters. The molecule has 0 unspecified atom stereocenters. The summed E-state index contributed by atoms with van der Waals surface area (Å²) in [5, 5.41) is 30.7. The minimum atomic E-state index is -0.749. The topological polar surface area (TPSA) is 139 Å². The third-order valence-electron chi connectivity index (χ3n) is 7.41. The Hall–Kier alpha value is -4.22. The number of nitrogens with one attached hydrogen (secondary N) is 1. The second-order valence-electron chi connectivity index (χ2n) is 13.0. The third-order valence-corrected chi connectivity index (χ3v) is 7.41. The van der Waals surface area contributed by atoms with Crippen LogP contribution in [0.1, 0.15) is 60.5 Å². The molecule has 0 radical (unpaired) electrons. The molecular weight excluding hydrogens is 586 g/mol. The number of para-hydroxylation sites is 1. The largest absolute Gasteiger partial charge is 0.457 e. The van der Waals surface area contributed by atoms with Gasteiger partial charge < -0.3 is 29.9 Å². The van der Waals surface area contributed by atoms with Crippen LogP contribution in [0.3, 0.4) is 0 Å². The molecule has 2 aromatic carbocycles. The van der Waals surface area contributed by atoms with Gasteiger partial charge in [0.05, 0.1) is 37.0 Å². The van der Waals surface area contributed by atoms with Crippen LogP contribution in [0.5, 0.6) is 0 Å². The molecule has 1 amide bonds. The van der Waals surface area contributed by atoms with E-state index < -0.39 is 17.2 Å². The highest BCUT2D eigenvalue weighted by molar-refractivity contribution is 5.88. The van der Waals surface area contributed by atoms with Crippen molar-refractivity contribution in [2.75, 3.05) is 37.8 Å². The fourth-order valence-corrected chi connectivity index (χ4v) is 4.61. The van der Waals surface area contributed by atoms with E-state index in [1.807, 2.05) is 55.8 Å². The Kier molecular flexibility index (Phi) is 12.5. The van der Waals surface area contributed by atoms with Gasteiger partial charge in [-0.2, -0.15) is 0 Å². The molecule has 0 bridgehead atoms. The summed E-state index contributed by atoms with van der Waals surface area (Å²) in [4.78, 5) is 25.3. The van der Waals surface area contributed by atoms with Crippen molar-refractivity contribution >= 4 is 17.7 Å². The number of ether oxygens (including phenoxy) is 2. The summed E-state index contributed by atoms with van der Waals surface area (Å²) in [6, 6.07) is 16.3. The SMILES string of the molecule is C=C(C)CCOC(=O)NCCN1Cc2ccccc2-c2c(nnn2C(C)(C)CO)-c2ccccc21.CC(C)C(=O)OC(C)(C)CO. The highest BCUT2D eigenvalue weighted by atomic mass is 16.6. The van der Waals surface area contributed by atoms with Crippen LogP contribution in [0.25, 0.3) is 22.5 Å². The van der Waals surface area contributed by atoms with Gasteiger partial charge in [0.25, 0.3) is 0 Å². The van der Waals surface area contributed by atoms with Crippen molar-refractivity contribution in [3.8, 4) is 22.5 Å². The van der Waals surface area contributed by atoms with Gasteiger partial charge in [-0.15, -0.1) is 11.7 Å². The lowest BCUT2D eigenvalue weighted by atomic mass is 9.94. The van der Waals surface area contributed by atoms with Gasteiger partial charge in [-0.05, 0) is 46.2 Å². The van der Waals surface area contributed by atoms with Gasteiger partial charge in [-0.3, -0.25) is 4.79 Å². The number of carbonyl (C=O) groups excluding carboxylic acids is 2. The number of hydrogen-bond donors (Lipinski definition) is 3. The van der Waals surface area contributed by atoms with E-state index in [-0.39, 0.29) is 25.1 Å². The first-order valence-corrected chi connectivity index (χ1v) is 15.6. The predicted octanol–water partition coefficient (Wildman–Crippen LogP) is 5.31. The van der Waals surface area contributed by atoms with Crippen molar-refractivity contribution in [3.05, 3.63) is 66.2 Å². The zero-order valence-corrected chi connectivity index (χ0v) is 28.2. The number of alkyl carbamates (subject to hydrolysis) is 1. The maximum atomic E-state index is 12.1. The van der Waals surface area contributed by atoms with Crippen molar-refractivity contribution in [3.63, 3.8) is 0 Å². The molecule has 0 spiro atoms. The Labute approximate surface area is 272 Å². The molecule has 250 valence electrons. The minimum absolute atomic E-state index is 0.0626. The highest BCUT2D eigenvalue weighted by Gasteiger charge is 2.31. The van der Waals surface area contributed by atoms with Gasteiger partial charge in [0.2, 0.25) is 0 Å². The smallest absolute Gasteiger partial charge is 0.407 e. The lowest BCUT2D eigenvalue weighted by Crippen LogP contribution is -2.36. The van der Waals surface area contributed by atoms with Crippen LogP contribution < -0.4 is 10.2 Å². The van der Waals surface area contributed by atoms with Gasteiger partial charge in [-0.1, -0.05) is 67.1 Å². The summed E-state index contributed by atoms with van der Waals surface area (Å²) in [7, 11) is 0. The molecule has 0 fully saturated rings. The van der Waals surface area contributed by atoms with Crippen molar-refractivity contribution in [2.24, 2.45) is 5.92 Å². The first-order chi connectivity index (χ1) is 21.7. The van der Waals surface area contributed by atoms with E-state index in [0.29, 0.717) is 32.7 Å². The average Bonchev–Trinajstić information content (AvgIpc) is 3.45. The fraction of sp³-hybridized carbons (Fsp3) is 0.486. The zero-order valence-electron chi connectivity index (χ0n) is 28.2. The molecule has 3 N–H and O–H groups in total. The maximum Gasteiger partial charge on any atom is 0.407 e. The summed E-state index contributed by atoms with van der Waals surface area (Å²) in [5.74, 6) is -0.412. The minimum Gasteiger partial charge on any atom is -0.457 e. The fourth-order valence-electron chi connectivity index (χ4n) is 4.61. The molecule has 11 heteroatoms. The number of esters is 1. The molecule has 46 heavy (non-hydrogen) atoms.